The van der Waals surface area contributed by atoms with Gasteiger partial charge in [0.1, 0.15) is 18.2 Å². The Bertz CT molecular complexity index is 739. The highest BCUT2D eigenvalue weighted by atomic mass is 35.5. The molecule has 27 heavy (non-hydrogen) atoms. The summed E-state index contributed by atoms with van der Waals surface area (Å²) in [6.45, 7) is 0.806. The molecule has 3 N–H and O–H groups in total. The lowest BCUT2D eigenvalue weighted by atomic mass is 10.00. The average molecular weight is 393 g/mol. The molecule has 1 saturated carbocycles. The highest BCUT2D eigenvalue weighted by molar-refractivity contribution is 5.85. The van der Waals surface area contributed by atoms with E-state index in [0.29, 0.717) is 31.2 Å². The molecule has 0 aliphatic heterocycles. The van der Waals surface area contributed by atoms with Gasteiger partial charge in [0, 0.05) is 19.0 Å². The molecule has 4 nitrogen and oxygen atoms in total. The topological polar surface area (TPSA) is 64.4 Å². The van der Waals surface area contributed by atoms with Gasteiger partial charge in [0.05, 0.1) is 0 Å². The van der Waals surface area contributed by atoms with Crippen molar-refractivity contribution < 1.29 is 13.9 Å². The number of ether oxygens (including phenoxy) is 1. The highest BCUT2D eigenvalue weighted by Gasteiger charge is 2.25. The van der Waals surface area contributed by atoms with E-state index in [1.54, 1.807) is 6.07 Å². The number of amides is 1. The second-order valence-electron chi connectivity index (χ2n) is 6.90. The third-order valence-electron chi connectivity index (χ3n) is 4.87. The molecule has 0 bridgehead atoms. The molecule has 1 amide bonds. The summed E-state index contributed by atoms with van der Waals surface area (Å²) in [4.78, 5) is 12.0. The van der Waals surface area contributed by atoms with Gasteiger partial charge < -0.3 is 15.8 Å². The Labute approximate surface area is 165 Å². The van der Waals surface area contributed by atoms with Gasteiger partial charge in [-0.25, -0.2) is 4.39 Å². The van der Waals surface area contributed by atoms with Crippen LogP contribution in [0.3, 0.4) is 0 Å². The van der Waals surface area contributed by atoms with Crippen molar-refractivity contribution in [3.05, 3.63) is 65.5 Å². The summed E-state index contributed by atoms with van der Waals surface area (Å²) in [5.41, 5.74) is 7.81. The first kappa shape index (κ1) is 21.2. The SMILES string of the molecule is Cl.N[C@@H]1CCC[C@H]1CC(=O)NCc1ccc(OCc2cccc(F)c2)cc1. The molecule has 1 aliphatic carbocycles. The number of benzene rings is 2. The normalized spacial score (nSPS) is 18.6. The summed E-state index contributed by atoms with van der Waals surface area (Å²) < 4.78 is 18.8. The minimum absolute atomic E-state index is 0. The quantitative estimate of drug-likeness (QED) is 0.749. The summed E-state index contributed by atoms with van der Waals surface area (Å²) in [5.74, 6) is 0.810. The Balaban J connectivity index is 0.00000261. The molecule has 3 rings (SSSR count). The number of carbonyl (C=O) groups is 1. The lowest BCUT2D eigenvalue weighted by Gasteiger charge is -2.14. The molecular formula is C21H26ClFN2O2. The zero-order chi connectivity index (χ0) is 18.4. The Kier molecular flexibility index (Phi) is 8.07. The van der Waals surface area contributed by atoms with Crippen molar-refractivity contribution in [2.45, 2.75) is 44.9 Å². The van der Waals surface area contributed by atoms with Crippen LogP contribution in [0.1, 0.15) is 36.8 Å². The van der Waals surface area contributed by atoms with E-state index in [0.717, 1.165) is 30.4 Å². The lowest BCUT2D eigenvalue weighted by Crippen LogP contribution is -2.31. The molecule has 2 aromatic rings. The lowest BCUT2D eigenvalue weighted by molar-refractivity contribution is -0.122. The first-order valence-electron chi connectivity index (χ1n) is 9.08. The van der Waals surface area contributed by atoms with E-state index < -0.39 is 0 Å². The van der Waals surface area contributed by atoms with Crippen LogP contribution in [-0.2, 0) is 17.9 Å². The number of rotatable bonds is 7. The maximum absolute atomic E-state index is 13.1. The van der Waals surface area contributed by atoms with Gasteiger partial charge in [0.25, 0.3) is 0 Å². The fourth-order valence-corrected chi connectivity index (χ4v) is 3.33. The molecule has 2 atom stereocenters. The van der Waals surface area contributed by atoms with Crippen molar-refractivity contribution in [1.82, 2.24) is 5.32 Å². The van der Waals surface area contributed by atoms with E-state index in [1.165, 1.54) is 12.1 Å². The van der Waals surface area contributed by atoms with E-state index in [9.17, 15) is 9.18 Å². The van der Waals surface area contributed by atoms with Gasteiger partial charge in [-0.3, -0.25) is 4.79 Å². The minimum atomic E-state index is -0.268. The van der Waals surface area contributed by atoms with Gasteiger partial charge >= 0.3 is 0 Å². The number of carbonyl (C=O) groups excluding carboxylic acids is 1. The smallest absolute Gasteiger partial charge is 0.220 e. The maximum atomic E-state index is 13.1. The second kappa shape index (κ2) is 10.3. The fourth-order valence-electron chi connectivity index (χ4n) is 3.33. The molecule has 0 unspecified atom stereocenters. The molecule has 0 heterocycles. The Hall–Kier alpha value is -2.11. The average Bonchev–Trinajstić information content (AvgIpc) is 3.04. The molecule has 146 valence electrons. The first-order valence-corrected chi connectivity index (χ1v) is 9.08. The van der Waals surface area contributed by atoms with Crippen LogP contribution in [0.15, 0.2) is 48.5 Å². The number of nitrogens with one attached hydrogen (secondary N) is 1. The number of hydrogen-bond donors (Lipinski definition) is 2. The second-order valence-corrected chi connectivity index (χ2v) is 6.90. The van der Waals surface area contributed by atoms with Gasteiger partial charge in [-0.15, -0.1) is 12.4 Å². The van der Waals surface area contributed by atoms with Gasteiger partial charge in [0.15, 0.2) is 0 Å². The van der Waals surface area contributed by atoms with Crippen molar-refractivity contribution in [2.24, 2.45) is 11.7 Å². The molecule has 0 radical (unpaired) electrons. The molecule has 2 aromatic carbocycles. The predicted octanol–water partition coefficient (Wildman–Crippen LogP) is 3.96. The van der Waals surface area contributed by atoms with E-state index in [1.807, 2.05) is 30.3 Å². The molecular weight excluding hydrogens is 367 g/mol. The Morgan fingerprint density at radius 1 is 1.15 bits per heavy atom. The molecule has 0 saturated heterocycles. The zero-order valence-electron chi connectivity index (χ0n) is 15.2. The van der Waals surface area contributed by atoms with E-state index in [4.69, 9.17) is 10.5 Å². The van der Waals surface area contributed by atoms with Crippen LogP contribution < -0.4 is 15.8 Å². The van der Waals surface area contributed by atoms with Gasteiger partial charge in [-0.1, -0.05) is 30.7 Å². The van der Waals surface area contributed by atoms with Crippen molar-refractivity contribution in [3.8, 4) is 5.75 Å². The number of halogens is 2. The molecule has 1 aliphatic rings. The molecule has 6 heteroatoms. The monoisotopic (exact) mass is 392 g/mol. The molecule has 0 aromatic heterocycles. The van der Waals surface area contributed by atoms with Crippen LogP contribution in [0.2, 0.25) is 0 Å². The standard InChI is InChI=1S/C21H25FN2O2.ClH/c22-18-5-1-3-16(11-18)14-26-19-9-7-15(8-10-19)13-24-21(25)12-17-4-2-6-20(17)23;/h1,3,5,7-11,17,20H,2,4,6,12-14,23H2,(H,24,25);1H/t17-,20+;/m0./s1. The summed E-state index contributed by atoms with van der Waals surface area (Å²) in [6.07, 6.45) is 3.70. The van der Waals surface area contributed by atoms with Gasteiger partial charge in [-0.05, 0) is 54.2 Å². The third-order valence-corrected chi connectivity index (χ3v) is 4.87. The van der Waals surface area contributed by atoms with E-state index >= 15 is 0 Å². The number of hydrogen-bond acceptors (Lipinski definition) is 3. The summed E-state index contributed by atoms with van der Waals surface area (Å²) in [7, 11) is 0. The summed E-state index contributed by atoms with van der Waals surface area (Å²) >= 11 is 0. The van der Waals surface area contributed by atoms with E-state index in [2.05, 4.69) is 5.32 Å². The van der Waals surface area contributed by atoms with Crippen molar-refractivity contribution in [1.29, 1.82) is 0 Å². The Morgan fingerprint density at radius 3 is 2.59 bits per heavy atom. The summed E-state index contributed by atoms with van der Waals surface area (Å²) in [5, 5.41) is 2.95. The van der Waals surface area contributed by atoms with Gasteiger partial charge in [-0.2, -0.15) is 0 Å². The maximum Gasteiger partial charge on any atom is 0.220 e. The van der Waals surface area contributed by atoms with Crippen LogP contribution in [-0.4, -0.2) is 11.9 Å². The van der Waals surface area contributed by atoms with Crippen LogP contribution in [0.4, 0.5) is 4.39 Å². The van der Waals surface area contributed by atoms with Crippen molar-refractivity contribution >= 4 is 18.3 Å². The summed E-state index contributed by atoms with van der Waals surface area (Å²) in [6, 6.07) is 14.1. The van der Waals surface area contributed by atoms with Crippen molar-refractivity contribution in [2.75, 3.05) is 0 Å². The predicted molar refractivity (Wildman–Crippen MR) is 106 cm³/mol. The molecule has 1 fully saturated rings. The minimum Gasteiger partial charge on any atom is -0.489 e. The first-order chi connectivity index (χ1) is 12.6. The van der Waals surface area contributed by atoms with Crippen LogP contribution in [0, 0.1) is 11.7 Å². The van der Waals surface area contributed by atoms with Crippen molar-refractivity contribution in [3.63, 3.8) is 0 Å². The largest absolute Gasteiger partial charge is 0.489 e. The van der Waals surface area contributed by atoms with Crippen LogP contribution in [0.5, 0.6) is 5.75 Å². The highest BCUT2D eigenvalue weighted by Crippen LogP contribution is 2.26. The fraction of sp³-hybridized carbons (Fsp3) is 0.381. The zero-order valence-corrected chi connectivity index (χ0v) is 16.0. The van der Waals surface area contributed by atoms with Crippen LogP contribution >= 0.6 is 12.4 Å². The van der Waals surface area contributed by atoms with Gasteiger partial charge in [0.2, 0.25) is 5.91 Å². The van der Waals surface area contributed by atoms with E-state index in [-0.39, 0.29) is 30.2 Å². The molecule has 0 spiro atoms. The van der Waals surface area contributed by atoms with Crippen LogP contribution in [0.25, 0.3) is 0 Å². The number of nitrogens with two attached hydrogens (primary N) is 1. The Morgan fingerprint density at radius 2 is 1.93 bits per heavy atom. The third kappa shape index (κ3) is 6.52.